The Morgan fingerprint density at radius 2 is 1.92 bits per heavy atom. The second kappa shape index (κ2) is 3.50. The molecule has 3 heteroatoms. The zero-order valence-electron chi connectivity index (χ0n) is 6.15. The fourth-order valence-corrected chi connectivity index (χ4v) is 4.21. The molecule has 0 nitrogen and oxygen atoms in total. The van der Waals surface area contributed by atoms with Crippen LogP contribution in [0.5, 0.6) is 0 Å². The molecule has 0 fully saturated rings. The molecule has 2 rings (SSSR count). The van der Waals surface area contributed by atoms with Gasteiger partial charge in [-0.15, -0.1) is 0 Å². The Morgan fingerprint density at radius 1 is 1.17 bits per heavy atom. The van der Waals surface area contributed by atoms with Gasteiger partial charge in [0.25, 0.3) is 0 Å². The van der Waals surface area contributed by atoms with E-state index in [1.807, 2.05) is 12.1 Å². The molecule has 1 aliphatic rings. The van der Waals surface area contributed by atoms with Crippen molar-refractivity contribution in [2.45, 2.75) is 4.51 Å². The summed E-state index contributed by atoms with van der Waals surface area (Å²) in [5.74, 6) is 0. The van der Waals surface area contributed by atoms with Crippen LogP contribution in [0.15, 0.2) is 30.3 Å². The standard InChI is InChI=1S/C9H7.2ClH.Ru/c1-2-5-9-7-3-6-8(9)4-1;;;/h1-7H;2*1H;/q;;;+2/p-2. The van der Waals surface area contributed by atoms with E-state index in [2.05, 4.69) is 24.3 Å². The van der Waals surface area contributed by atoms with Crippen LogP contribution in [0.4, 0.5) is 0 Å². The predicted molar refractivity (Wildman–Crippen MR) is 49.9 cm³/mol. The third-order valence-electron chi connectivity index (χ3n) is 1.89. The molecule has 1 aliphatic carbocycles. The summed E-state index contributed by atoms with van der Waals surface area (Å²) < 4.78 is 0.314. The van der Waals surface area contributed by atoms with Crippen molar-refractivity contribution in [3.05, 3.63) is 41.5 Å². The summed E-state index contributed by atoms with van der Waals surface area (Å²) in [4.78, 5) is 0. The second-order valence-corrected chi connectivity index (χ2v) is 8.88. The predicted octanol–water partition coefficient (Wildman–Crippen LogP) is 3.68. The van der Waals surface area contributed by atoms with Crippen molar-refractivity contribution in [3.8, 4) is 0 Å². The molecule has 0 saturated heterocycles. The van der Waals surface area contributed by atoms with Crippen LogP contribution < -0.4 is 0 Å². The van der Waals surface area contributed by atoms with Crippen molar-refractivity contribution in [2.75, 3.05) is 0 Å². The number of fused-ring (bicyclic) bond motifs is 1. The molecule has 0 amide bonds. The molecule has 0 saturated carbocycles. The van der Waals surface area contributed by atoms with Gasteiger partial charge in [0.15, 0.2) is 0 Å². The molecular weight excluding hydrogens is 280 g/mol. The van der Waals surface area contributed by atoms with Crippen LogP contribution in [0.2, 0.25) is 0 Å². The first-order valence-corrected chi connectivity index (χ1v) is 9.02. The van der Waals surface area contributed by atoms with Gasteiger partial charge in [0.2, 0.25) is 0 Å². The Labute approximate surface area is 85.2 Å². The van der Waals surface area contributed by atoms with E-state index in [0.29, 0.717) is 4.51 Å². The Hall–Kier alpha value is 0.163. The van der Waals surface area contributed by atoms with Crippen LogP contribution in [0.3, 0.4) is 0 Å². The molecule has 12 heavy (non-hydrogen) atoms. The van der Waals surface area contributed by atoms with Crippen LogP contribution in [0, 0.1) is 0 Å². The number of rotatable bonds is 1. The van der Waals surface area contributed by atoms with Gasteiger partial charge in [0.05, 0.1) is 0 Å². The second-order valence-electron chi connectivity index (χ2n) is 2.58. The summed E-state index contributed by atoms with van der Waals surface area (Å²) in [6.07, 6.45) is 4.22. The van der Waals surface area contributed by atoms with Gasteiger partial charge in [0, 0.05) is 0 Å². The number of hydrogen-bond acceptors (Lipinski definition) is 0. The van der Waals surface area contributed by atoms with E-state index in [1.54, 1.807) is 0 Å². The van der Waals surface area contributed by atoms with Crippen molar-refractivity contribution in [1.82, 2.24) is 0 Å². The number of benzene rings is 1. The van der Waals surface area contributed by atoms with E-state index >= 15 is 0 Å². The molecule has 0 bridgehead atoms. The molecule has 1 unspecified atom stereocenters. The van der Waals surface area contributed by atoms with Crippen molar-refractivity contribution < 1.29 is 14.0 Å². The van der Waals surface area contributed by atoms with E-state index in [4.69, 9.17) is 19.4 Å². The average Bonchev–Trinajstić information content (AvgIpc) is 2.47. The van der Waals surface area contributed by atoms with Crippen LogP contribution in [-0.2, 0) is 14.0 Å². The van der Waals surface area contributed by atoms with Crippen LogP contribution >= 0.6 is 19.4 Å². The number of hydrogen-bond donors (Lipinski definition) is 0. The van der Waals surface area contributed by atoms with Gasteiger partial charge in [-0.3, -0.25) is 0 Å². The molecular formula is C9H7Cl2Ru. The summed E-state index contributed by atoms with van der Waals surface area (Å²) in [7, 11) is 11.9. The molecule has 0 N–H and O–H groups in total. The Morgan fingerprint density at radius 3 is 2.67 bits per heavy atom. The van der Waals surface area contributed by atoms with Crippen molar-refractivity contribution in [1.29, 1.82) is 0 Å². The molecule has 1 aromatic rings. The molecule has 0 aliphatic heterocycles. The first-order valence-electron chi connectivity index (χ1n) is 3.54. The minimum absolute atomic E-state index is 0.314. The van der Waals surface area contributed by atoms with Crippen molar-refractivity contribution >= 4 is 25.5 Å². The fourth-order valence-electron chi connectivity index (χ4n) is 1.33. The Bertz CT molecular complexity index is 320. The van der Waals surface area contributed by atoms with Gasteiger partial charge in [-0.05, 0) is 0 Å². The number of allylic oxidation sites excluding steroid dienone is 1. The van der Waals surface area contributed by atoms with Gasteiger partial charge in [0.1, 0.15) is 0 Å². The summed E-state index contributed by atoms with van der Waals surface area (Å²) in [6.45, 7) is 0. The maximum atomic E-state index is 5.97. The molecule has 0 spiro atoms. The van der Waals surface area contributed by atoms with E-state index in [-0.39, 0.29) is 0 Å². The van der Waals surface area contributed by atoms with E-state index in [9.17, 15) is 0 Å². The summed E-state index contributed by atoms with van der Waals surface area (Å²) in [6, 6.07) is 8.26. The van der Waals surface area contributed by atoms with E-state index in [1.165, 1.54) is 11.1 Å². The molecule has 1 aromatic carbocycles. The molecule has 1 atom stereocenters. The minimum atomic E-state index is -1.64. The maximum absolute atomic E-state index is 5.97. The Balaban J connectivity index is 2.42. The molecule has 0 aromatic heterocycles. The zero-order valence-corrected chi connectivity index (χ0v) is 9.40. The van der Waals surface area contributed by atoms with Crippen LogP contribution in [0.1, 0.15) is 15.6 Å². The Kier molecular flexibility index (Phi) is 2.55. The van der Waals surface area contributed by atoms with E-state index < -0.39 is 14.0 Å². The molecule has 0 radical (unpaired) electrons. The monoisotopic (exact) mass is 287 g/mol. The summed E-state index contributed by atoms with van der Waals surface area (Å²) in [5.41, 5.74) is 2.56. The average molecular weight is 287 g/mol. The summed E-state index contributed by atoms with van der Waals surface area (Å²) in [5, 5.41) is 0. The topological polar surface area (TPSA) is 0 Å². The van der Waals surface area contributed by atoms with Crippen molar-refractivity contribution in [2.24, 2.45) is 0 Å². The normalized spacial score (nSPS) is 20.8. The SMILES string of the molecule is [Cl][Ru]([Cl])[CH]1C=Cc2ccccc21. The quantitative estimate of drug-likeness (QED) is 0.691. The molecule has 65 valence electrons. The van der Waals surface area contributed by atoms with Gasteiger partial charge in [-0.25, -0.2) is 0 Å². The van der Waals surface area contributed by atoms with E-state index in [0.717, 1.165) is 0 Å². The third-order valence-corrected chi connectivity index (χ3v) is 5.55. The van der Waals surface area contributed by atoms with Gasteiger partial charge >= 0.3 is 85.4 Å². The van der Waals surface area contributed by atoms with Gasteiger partial charge < -0.3 is 0 Å². The molecule has 0 heterocycles. The summed E-state index contributed by atoms with van der Waals surface area (Å²) >= 11 is -1.64. The number of halogens is 2. The van der Waals surface area contributed by atoms with Crippen LogP contribution in [-0.4, -0.2) is 0 Å². The fraction of sp³-hybridized carbons (Fsp3) is 0.111. The first kappa shape index (κ1) is 8.75. The van der Waals surface area contributed by atoms with Gasteiger partial charge in [-0.2, -0.15) is 0 Å². The van der Waals surface area contributed by atoms with Gasteiger partial charge in [-0.1, -0.05) is 0 Å². The van der Waals surface area contributed by atoms with Crippen LogP contribution in [0.25, 0.3) is 6.08 Å². The zero-order chi connectivity index (χ0) is 8.55. The first-order chi connectivity index (χ1) is 5.79. The van der Waals surface area contributed by atoms with Crippen molar-refractivity contribution in [3.63, 3.8) is 0 Å². The third kappa shape index (κ3) is 1.46.